The molecule has 0 aliphatic carbocycles. The van der Waals surface area contributed by atoms with Gasteiger partial charge in [0.2, 0.25) is 0 Å². The zero-order valence-electron chi connectivity index (χ0n) is 17.7. The molecule has 3 heterocycles. The predicted molar refractivity (Wildman–Crippen MR) is 117 cm³/mol. The highest BCUT2D eigenvalue weighted by Gasteiger charge is 2.26. The standard InChI is InChI=1S/C22H25FN4O2S/c1-5-29-22(28)19-13(2)18-20(24-17(12-26(3)4)25-21(18)30-19)27-9-8-14-10-16(23)7-6-15(14)11-27/h6-7,10H,5,8-9,11-12H2,1-4H3. The Labute approximate surface area is 179 Å². The van der Waals surface area contributed by atoms with Crippen LogP contribution in [0.25, 0.3) is 10.2 Å². The van der Waals surface area contributed by atoms with Crippen molar-refractivity contribution in [3.05, 3.63) is 51.4 Å². The number of aryl methyl sites for hydroxylation is 1. The van der Waals surface area contributed by atoms with E-state index in [0.717, 1.165) is 45.7 Å². The van der Waals surface area contributed by atoms with Crippen LogP contribution >= 0.6 is 11.3 Å². The molecule has 0 saturated carbocycles. The van der Waals surface area contributed by atoms with Gasteiger partial charge in [-0.3, -0.25) is 0 Å². The van der Waals surface area contributed by atoms with Gasteiger partial charge in [-0.15, -0.1) is 11.3 Å². The van der Waals surface area contributed by atoms with E-state index in [1.165, 1.54) is 17.4 Å². The molecule has 0 spiro atoms. The smallest absolute Gasteiger partial charge is 0.348 e. The molecule has 1 aromatic carbocycles. The van der Waals surface area contributed by atoms with Crippen LogP contribution in [0.2, 0.25) is 0 Å². The monoisotopic (exact) mass is 428 g/mol. The summed E-state index contributed by atoms with van der Waals surface area (Å²) in [6.07, 6.45) is 0.746. The van der Waals surface area contributed by atoms with Gasteiger partial charge in [-0.05, 0) is 63.2 Å². The first kappa shape index (κ1) is 20.7. The molecule has 0 unspecified atom stereocenters. The average molecular weight is 429 g/mol. The maximum absolute atomic E-state index is 13.6. The van der Waals surface area contributed by atoms with Crippen LogP contribution in [-0.4, -0.2) is 48.1 Å². The number of nitrogens with zero attached hydrogens (tertiary/aromatic N) is 4. The molecule has 30 heavy (non-hydrogen) atoms. The molecule has 3 aromatic rings. The van der Waals surface area contributed by atoms with Gasteiger partial charge in [0.1, 0.15) is 27.2 Å². The second kappa shape index (κ2) is 8.28. The number of esters is 1. The van der Waals surface area contributed by atoms with E-state index < -0.39 is 0 Å². The van der Waals surface area contributed by atoms with Crippen molar-refractivity contribution in [1.29, 1.82) is 0 Å². The van der Waals surface area contributed by atoms with E-state index in [4.69, 9.17) is 14.7 Å². The van der Waals surface area contributed by atoms with Crippen molar-refractivity contribution in [2.45, 2.75) is 33.4 Å². The summed E-state index contributed by atoms with van der Waals surface area (Å²) in [5.74, 6) is 1.02. The maximum Gasteiger partial charge on any atom is 0.348 e. The van der Waals surface area contributed by atoms with E-state index in [2.05, 4.69) is 4.90 Å². The second-order valence-electron chi connectivity index (χ2n) is 7.74. The number of anilines is 1. The van der Waals surface area contributed by atoms with Crippen LogP contribution in [-0.2, 0) is 24.2 Å². The number of halogens is 1. The number of thiophene rings is 1. The van der Waals surface area contributed by atoms with E-state index in [1.54, 1.807) is 13.0 Å². The third kappa shape index (κ3) is 3.89. The van der Waals surface area contributed by atoms with Crippen LogP contribution < -0.4 is 4.90 Å². The molecule has 0 bridgehead atoms. The van der Waals surface area contributed by atoms with Crippen LogP contribution in [0.4, 0.5) is 10.2 Å². The Morgan fingerprint density at radius 1 is 1.30 bits per heavy atom. The molecule has 0 N–H and O–H groups in total. The molecule has 1 aliphatic rings. The topological polar surface area (TPSA) is 58.6 Å². The Morgan fingerprint density at radius 3 is 2.83 bits per heavy atom. The molecule has 0 atom stereocenters. The number of carbonyl (C=O) groups is 1. The van der Waals surface area contributed by atoms with Gasteiger partial charge >= 0.3 is 5.97 Å². The molecule has 2 aromatic heterocycles. The quantitative estimate of drug-likeness (QED) is 0.574. The minimum atomic E-state index is -0.322. The number of aromatic nitrogens is 2. The van der Waals surface area contributed by atoms with Gasteiger partial charge in [-0.2, -0.15) is 0 Å². The summed E-state index contributed by atoms with van der Waals surface area (Å²) in [7, 11) is 3.95. The summed E-state index contributed by atoms with van der Waals surface area (Å²) in [6, 6.07) is 4.97. The predicted octanol–water partition coefficient (Wildman–Crippen LogP) is 3.94. The third-order valence-electron chi connectivity index (χ3n) is 5.22. The summed E-state index contributed by atoms with van der Waals surface area (Å²) in [4.78, 5) is 27.7. The van der Waals surface area contributed by atoms with Crippen molar-refractivity contribution in [1.82, 2.24) is 14.9 Å². The van der Waals surface area contributed by atoms with Gasteiger partial charge in [-0.25, -0.2) is 19.2 Å². The fourth-order valence-electron chi connectivity index (χ4n) is 3.84. The molecule has 1 aliphatic heterocycles. The Kier molecular flexibility index (Phi) is 5.71. The van der Waals surface area contributed by atoms with Crippen molar-refractivity contribution in [3.63, 3.8) is 0 Å². The lowest BCUT2D eigenvalue weighted by molar-refractivity contribution is 0.0531. The Balaban J connectivity index is 1.82. The number of fused-ring (bicyclic) bond motifs is 2. The van der Waals surface area contributed by atoms with E-state index in [0.29, 0.717) is 30.4 Å². The largest absolute Gasteiger partial charge is 0.462 e. The van der Waals surface area contributed by atoms with E-state index in [9.17, 15) is 9.18 Å². The number of hydrogen-bond acceptors (Lipinski definition) is 7. The van der Waals surface area contributed by atoms with Crippen LogP contribution in [0.1, 0.15) is 39.1 Å². The summed E-state index contributed by atoms with van der Waals surface area (Å²) in [6.45, 7) is 6.04. The molecule has 6 nitrogen and oxygen atoms in total. The number of rotatable bonds is 5. The second-order valence-corrected chi connectivity index (χ2v) is 8.74. The number of carbonyl (C=O) groups excluding carboxylic acids is 1. The number of ether oxygens (including phenoxy) is 1. The van der Waals surface area contributed by atoms with Crippen LogP contribution in [0.15, 0.2) is 18.2 Å². The van der Waals surface area contributed by atoms with Crippen LogP contribution in [0, 0.1) is 12.7 Å². The lowest BCUT2D eigenvalue weighted by Gasteiger charge is -2.30. The molecular weight excluding hydrogens is 403 g/mol. The summed E-state index contributed by atoms with van der Waals surface area (Å²) in [5.41, 5.74) is 2.99. The van der Waals surface area contributed by atoms with Crippen molar-refractivity contribution in [2.75, 3.05) is 32.1 Å². The normalized spacial score (nSPS) is 13.7. The van der Waals surface area contributed by atoms with E-state index in [1.807, 2.05) is 32.0 Å². The lowest BCUT2D eigenvalue weighted by Crippen LogP contribution is -2.31. The zero-order chi connectivity index (χ0) is 21.4. The highest BCUT2D eigenvalue weighted by molar-refractivity contribution is 7.20. The van der Waals surface area contributed by atoms with Crippen molar-refractivity contribution < 1.29 is 13.9 Å². The minimum absolute atomic E-state index is 0.201. The maximum atomic E-state index is 13.6. The fraction of sp³-hybridized carbons (Fsp3) is 0.409. The van der Waals surface area contributed by atoms with E-state index >= 15 is 0 Å². The number of benzene rings is 1. The van der Waals surface area contributed by atoms with Gasteiger partial charge in [0.15, 0.2) is 0 Å². The Bertz CT molecular complexity index is 1110. The first-order valence-electron chi connectivity index (χ1n) is 10.0. The Morgan fingerprint density at radius 2 is 2.10 bits per heavy atom. The van der Waals surface area contributed by atoms with Gasteiger partial charge in [0.05, 0.1) is 18.5 Å². The highest BCUT2D eigenvalue weighted by Crippen LogP contribution is 2.37. The third-order valence-corrected chi connectivity index (χ3v) is 6.38. The number of hydrogen-bond donors (Lipinski definition) is 0. The fourth-order valence-corrected chi connectivity index (χ4v) is 4.92. The minimum Gasteiger partial charge on any atom is -0.462 e. The summed E-state index contributed by atoms with van der Waals surface area (Å²) in [5, 5.41) is 0.899. The molecule has 0 amide bonds. The SMILES string of the molecule is CCOC(=O)c1sc2nc(CN(C)C)nc(N3CCc4cc(F)ccc4C3)c2c1C. The van der Waals surface area contributed by atoms with Crippen LogP contribution in [0.5, 0.6) is 0 Å². The lowest BCUT2D eigenvalue weighted by atomic mass is 9.99. The molecule has 0 saturated heterocycles. The van der Waals surface area contributed by atoms with Gasteiger partial charge in [-0.1, -0.05) is 6.07 Å². The molecular formula is C22H25FN4O2S. The summed E-state index contributed by atoms with van der Waals surface area (Å²) >= 11 is 1.36. The molecule has 8 heteroatoms. The van der Waals surface area contributed by atoms with Gasteiger partial charge in [0, 0.05) is 13.1 Å². The highest BCUT2D eigenvalue weighted by atomic mass is 32.1. The zero-order valence-corrected chi connectivity index (χ0v) is 18.5. The van der Waals surface area contributed by atoms with Crippen LogP contribution in [0.3, 0.4) is 0 Å². The molecule has 158 valence electrons. The first-order chi connectivity index (χ1) is 14.4. The van der Waals surface area contributed by atoms with Crippen molar-refractivity contribution >= 4 is 33.3 Å². The first-order valence-corrected chi connectivity index (χ1v) is 10.8. The molecule has 4 rings (SSSR count). The molecule has 0 fully saturated rings. The molecule has 0 radical (unpaired) electrons. The average Bonchev–Trinajstić information content (AvgIpc) is 3.03. The van der Waals surface area contributed by atoms with Crippen molar-refractivity contribution in [2.24, 2.45) is 0 Å². The van der Waals surface area contributed by atoms with Gasteiger partial charge in [0.25, 0.3) is 0 Å². The van der Waals surface area contributed by atoms with E-state index in [-0.39, 0.29) is 11.8 Å². The van der Waals surface area contributed by atoms with Crippen molar-refractivity contribution in [3.8, 4) is 0 Å². The van der Waals surface area contributed by atoms with Gasteiger partial charge < -0.3 is 14.5 Å². The summed E-state index contributed by atoms with van der Waals surface area (Å²) < 4.78 is 18.9. The Hall–Kier alpha value is -2.58.